The molecule has 1 heterocycles. The molecule has 6 heteroatoms. The van der Waals surface area contributed by atoms with Crippen molar-refractivity contribution in [2.24, 2.45) is 4.99 Å². The number of hydrogen-bond acceptors (Lipinski definition) is 4. The molecule has 0 fully saturated rings. The van der Waals surface area contributed by atoms with Crippen molar-refractivity contribution in [2.75, 3.05) is 13.6 Å². The fourth-order valence-corrected chi connectivity index (χ4v) is 1.58. The fraction of sp³-hybridized carbons (Fsp3) is 0.786. The summed E-state index contributed by atoms with van der Waals surface area (Å²) in [5.41, 5.74) is 0.000492. The summed E-state index contributed by atoms with van der Waals surface area (Å²) >= 11 is 0. The summed E-state index contributed by atoms with van der Waals surface area (Å²) in [4.78, 5) is 8.54. The average molecular weight is 281 g/mol. The minimum atomic E-state index is 0.000492. The zero-order valence-electron chi connectivity index (χ0n) is 13.4. The quantitative estimate of drug-likeness (QED) is 0.491. The monoisotopic (exact) mass is 281 g/mol. The largest absolute Gasteiger partial charge is 0.356 e. The maximum Gasteiger partial charge on any atom is 0.226 e. The van der Waals surface area contributed by atoms with Crippen molar-refractivity contribution in [1.82, 2.24) is 20.8 Å². The molecule has 0 radical (unpaired) electrons. The molecule has 0 saturated carbocycles. The van der Waals surface area contributed by atoms with Gasteiger partial charge >= 0.3 is 0 Å². The predicted molar refractivity (Wildman–Crippen MR) is 81.0 cm³/mol. The van der Waals surface area contributed by atoms with E-state index in [0.29, 0.717) is 11.8 Å². The van der Waals surface area contributed by atoms with Gasteiger partial charge in [-0.1, -0.05) is 19.0 Å². The second-order valence-electron chi connectivity index (χ2n) is 6.18. The summed E-state index contributed by atoms with van der Waals surface area (Å²) in [5, 5.41) is 10.5. The lowest BCUT2D eigenvalue weighted by Crippen LogP contribution is -2.47. The van der Waals surface area contributed by atoms with Gasteiger partial charge in [0.05, 0.1) is 0 Å². The topological polar surface area (TPSA) is 75.3 Å². The summed E-state index contributed by atoms with van der Waals surface area (Å²) in [6.07, 6.45) is 1.70. The lowest BCUT2D eigenvalue weighted by molar-refractivity contribution is 0.368. The number of aryl methyl sites for hydroxylation is 1. The van der Waals surface area contributed by atoms with Crippen molar-refractivity contribution in [2.45, 2.75) is 58.9 Å². The lowest BCUT2D eigenvalue weighted by atomic mass is 10.1. The van der Waals surface area contributed by atoms with E-state index in [1.165, 1.54) is 0 Å². The summed E-state index contributed by atoms with van der Waals surface area (Å²) in [7, 11) is 1.77. The second kappa shape index (κ2) is 7.26. The molecular formula is C14H27N5O. The molecule has 0 spiro atoms. The van der Waals surface area contributed by atoms with E-state index in [9.17, 15) is 0 Å². The van der Waals surface area contributed by atoms with E-state index >= 15 is 0 Å². The molecule has 0 aliphatic heterocycles. The first-order valence-electron chi connectivity index (χ1n) is 7.13. The van der Waals surface area contributed by atoms with Crippen LogP contribution in [0.1, 0.15) is 58.7 Å². The Morgan fingerprint density at radius 2 is 2.05 bits per heavy atom. The second-order valence-corrected chi connectivity index (χ2v) is 6.18. The molecular weight excluding hydrogens is 254 g/mol. The van der Waals surface area contributed by atoms with Crippen LogP contribution in [0, 0.1) is 0 Å². The van der Waals surface area contributed by atoms with Crippen LogP contribution in [0.25, 0.3) is 0 Å². The molecule has 1 aromatic heterocycles. The van der Waals surface area contributed by atoms with Crippen molar-refractivity contribution in [3.05, 3.63) is 11.7 Å². The van der Waals surface area contributed by atoms with Gasteiger partial charge in [0.2, 0.25) is 5.89 Å². The smallest absolute Gasteiger partial charge is 0.226 e. The Morgan fingerprint density at radius 1 is 1.35 bits per heavy atom. The average Bonchev–Trinajstić information content (AvgIpc) is 2.80. The molecule has 20 heavy (non-hydrogen) atoms. The van der Waals surface area contributed by atoms with Crippen LogP contribution in [0.5, 0.6) is 0 Å². The molecule has 2 N–H and O–H groups in total. The maximum atomic E-state index is 5.21. The third-order valence-corrected chi connectivity index (χ3v) is 2.58. The van der Waals surface area contributed by atoms with E-state index in [1.54, 1.807) is 7.05 Å². The van der Waals surface area contributed by atoms with Gasteiger partial charge in [0, 0.05) is 31.5 Å². The minimum Gasteiger partial charge on any atom is -0.356 e. The van der Waals surface area contributed by atoms with Crippen molar-refractivity contribution in [3.8, 4) is 0 Å². The summed E-state index contributed by atoms with van der Waals surface area (Å²) < 4.78 is 5.21. The Morgan fingerprint density at radius 3 is 2.55 bits per heavy atom. The van der Waals surface area contributed by atoms with E-state index in [-0.39, 0.29) is 5.54 Å². The summed E-state index contributed by atoms with van der Waals surface area (Å²) in [6, 6.07) is 0. The fourth-order valence-electron chi connectivity index (χ4n) is 1.58. The van der Waals surface area contributed by atoms with Gasteiger partial charge in [-0.25, -0.2) is 0 Å². The zero-order chi connectivity index (χ0) is 15.2. The van der Waals surface area contributed by atoms with Crippen molar-refractivity contribution < 1.29 is 4.52 Å². The molecule has 0 atom stereocenters. The molecule has 0 aromatic carbocycles. The van der Waals surface area contributed by atoms with Crippen molar-refractivity contribution in [3.63, 3.8) is 0 Å². The van der Waals surface area contributed by atoms with E-state index in [4.69, 9.17) is 4.52 Å². The lowest BCUT2D eigenvalue weighted by Gasteiger charge is -2.23. The Hall–Kier alpha value is -1.59. The van der Waals surface area contributed by atoms with Gasteiger partial charge in [0.25, 0.3) is 0 Å². The van der Waals surface area contributed by atoms with Gasteiger partial charge in [0.1, 0.15) is 0 Å². The summed E-state index contributed by atoms with van der Waals surface area (Å²) in [6.45, 7) is 11.2. The highest BCUT2D eigenvalue weighted by molar-refractivity contribution is 5.80. The molecule has 0 saturated heterocycles. The van der Waals surface area contributed by atoms with Crippen LogP contribution in [0.4, 0.5) is 0 Å². The van der Waals surface area contributed by atoms with Gasteiger partial charge in [0.15, 0.2) is 11.8 Å². The number of rotatable bonds is 5. The molecule has 1 rings (SSSR count). The molecule has 114 valence electrons. The third kappa shape index (κ3) is 6.04. The maximum absolute atomic E-state index is 5.21. The Kier molecular flexibility index (Phi) is 5.98. The first-order chi connectivity index (χ1) is 9.31. The molecule has 1 aromatic rings. The van der Waals surface area contributed by atoms with Crippen LogP contribution in [0.2, 0.25) is 0 Å². The van der Waals surface area contributed by atoms with Crippen molar-refractivity contribution >= 4 is 5.96 Å². The SMILES string of the molecule is CN=C(NCCCc1nc(C(C)C)no1)NC(C)(C)C. The summed E-state index contributed by atoms with van der Waals surface area (Å²) in [5.74, 6) is 2.60. The van der Waals surface area contributed by atoms with Crippen LogP contribution >= 0.6 is 0 Å². The third-order valence-electron chi connectivity index (χ3n) is 2.58. The van der Waals surface area contributed by atoms with Gasteiger partial charge in [-0.05, 0) is 27.2 Å². The van der Waals surface area contributed by atoms with Crippen LogP contribution in [0.15, 0.2) is 9.52 Å². The molecule has 0 aliphatic rings. The molecule has 6 nitrogen and oxygen atoms in total. The highest BCUT2D eigenvalue weighted by Gasteiger charge is 2.12. The number of nitrogens with one attached hydrogen (secondary N) is 2. The molecule has 0 aliphatic carbocycles. The normalized spacial score (nSPS) is 12.8. The van der Waals surface area contributed by atoms with Gasteiger partial charge in [-0.15, -0.1) is 0 Å². The molecule has 0 bridgehead atoms. The predicted octanol–water partition coefficient (Wildman–Crippen LogP) is 2.09. The number of aliphatic imine (C=N–C) groups is 1. The number of nitrogens with zero attached hydrogens (tertiary/aromatic N) is 3. The van der Waals surface area contributed by atoms with Gasteiger partial charge in [-0.2, -0.15) is 4.98 Å². The number of aromatic nitrogens is 2. The standard InChI is InChI=1S/C14H27N5O/c1-10(2)12-17-11(20-19-12)8-7-9-16-13(15-6)18-14(3,4)5/h10H,7-9H2,1-6H3,(H2,15,16,18). The van der Waals surface area contributed by atoms with Gasteiger partial charge in [-0.3, -0.25) is 4.99 Å². The van der Waals surface area contributed by atoms with Gasteiger partial charge < -0.3 is 15.2 Å². The Labute approximate surface area is 121 Å². The van der Waals surface area contributed by atoms with Crippen LogP contribution < -0.4 is 10.6 Å². The van der Waals surface area contributed by atoms with E-state index in [2.05, 4.69) is 60.4 Å². The highest BCUT2D eigenvalue weighted by atomic mass is 16.5. The van der Waals surface area contributed by atoms with Crippen LogP contribution in [-0.4, -0.2) is 35.2 Å². The first kappa shape index (κ1) is 16.5. The Balaban J connectivity index is 2.30. The van der Waals surface area contributed by atoms with Crippen LogP contribution in [0.3, 0.4) is 0 Å². The van der Waals surface area contributed by atoms with Crippen molar-refractivity contribution in [1.29, 1.82) is 0 Å². The van der Waals surface area contributed by atoms with E-state index in [1.807, 2.05) is 0 Å². The number of hydrogen-bond donors (Lipinski definition) is 2. The highest BCUT2D eigenvalue weighted by Crippen LogP contribution is 2.10. The zero-order valence-corrected chi connectivity index (χ0v) is 13.4. The Bertz CT molecular complexity index is 431. The van der Waals surface area contributed by atoms with E-state index in [0.717, 1.165) is 31.2 Å². The first-order valence-corrected chi connectivity index (χ1v) is 7.13. The number of guanidine groups is 1. The van der Waals surface area contributed by atoms with Crippen LogP contribution in [-0.2, 0) is 6.42 Å². The molecule has 0 unspecified atom stereocenters. The van der Waals surface area contributed by atoms with E-state index < -0.39 is 0 Å². The minimum absolute atomic E-state index is 0.000492. The molecule has 0 amide bonds.